The molecule has 0 amide bonds. The summed E-state index contributed by atoms with van der Waals surface area (Å²) in [4.78, 5) is 0. The number of benzene rings is 1. The zero-order valence-corrected chi connectivity index (χ0v) is 8.51. The highest BCUT2D eigenvalue weighted by molar-refractivity contribution is 6.30. The van der Waals surface area contributed by atoms with Gasteiger partial charge in [0.15, 0.2) is 0 Å². The van der Waals surface area contributed by atoms with Gasteiger partial charge in [-0.2, -0.15) is 0 Å². The highest BCUT2D eigenvalue weighted by Gasteiger charge is 2.13. The predicted molar refractivity (Wildman–Crippen MR) is 57.7 cm³/mol. The van der Waals surface area contributed by atoms with Crippen molar-refractivity contribution in [3.05, 3.63) is 28.8 Å². The lowest BCUT2D eigenvalue weighted by Crippen LogP contribution is -2.32. The van der Waals surface area contributed by atoms with E-state index in [1.54, 1.807) is 0 Å². The summed E-state index contributed by atoms with van der Waals surface area (Å²) >= 11 is 5.90. The molecule has 2 rings (SSSR count). The smallest absolute Gasteiger partial charge is 0.0645 e. The monoisotopic (exact) mass is 212 g/mol. The fraction of sp³-hybridized carbons (Fsp3) is 0.400. The maximum Gasteiger partial charge on any atom is 0.0645 e. The molecule has 1 heterocycles. The van der Waals surface area contributed by atoms with Gasteiger partial charge in [-0.05, 0) is 23.8 Å². The number of aliphatic hydroxyl groups is 1. The first-order valence-corrected chi connectivity index (χ1v) is 5.04. The van der Waals surface area contributed by atoms with Crippen LogP contribution >= 0.6 is 11.6 Å². The van der Waals surface area contributed by atoms with Crippen LogP contribution in [0.25, 0.3) is 0 Å². The Morgan fingerprint density at radius 2 is 2.36 bits per heavy atom. The molecule has 1 atom stereocenters. The molecule has 0 aromatic heterocycles. The predicted octanol–water partition coefficient (Wildman–Crippen LogP) is 1.22. The molecule has 4 heteroatoms. The van der Waals surface area contributed by atoms with Crippen molar-refractivity contribution in [3.8, 4) is 0 Å². The normalized spacial score (nSPS) is 20.9. The molecule has 1 aliphatic heterocycles. The Morgan fingerprint density at radius 3 is 3.14 bits per heavy atom. The molecule has 1 aromatic rings. The molecule has 0 radical (unpaired) electrons. The summed E-state index contributed by atoms with van der Waals surface area (Å²) < 4.78 is 0. The van der Waals surface area contributed by atoms with Crippen LogP contribution in [0.15, 0.2) is 18.2 Å². The van der Waals surface area contributed by atoms with E-state index < -0.39 is 0 Å². The molecule has 1 aromatic carbocycles. The molecule has 0 saturated carbocycles. The average molecular weight is 213 g/mol. The number of nitrogens with one attached hydrogen (secondary N) is 2. The number of hydrogen-bond acceptors (Lipinski definition) is 3. The van der Waals surface area contributed by atoms with Gasteiger partial charge in [0.25, 0.3) is 0 Å². The molecule has 0 bridgehead atoms. The van der Waals surface area contributed by atoms with Gasteiger partial charge in [0, 0.05) is 23.8 Å². The van der Waals surface area contributed by atoms with E-state index in [2.05, 4.69) is 10.6 Å². The Hall–Kier alpha value is -0.770. The first-order chi connectivity index (χ1) is 6.79. The van der Waals surface area contributed by atoms with E-state index in [4.69, 9.17) is 16.7 Å². The second-order valence-corrected chi connectivity index (χ2v) is 3.89. The van der Waals surface area contributed by atoms with E-state index in [0.717, 1.165) is 29.4 Å². The van der Waals surface area contributed by atoms with Gasteiger partial charge in [-0.1, -0.05) is 11.6 Å². The van der Waals surface area contributed by atoms with Crippen LogP contribution in [-0.2, 0) is 6.54 Å². The van der Waals surface area contributed by atoms with Crippen LogP contribution in [-0.4, -0.2) is 24.3 Å². The van der Waals surface area contributed by atoms with Gasteiger partial charge in [-0.15, -0.1) is 0 Å². The van der Waals surface area contributed by atoms with Crippen LogP contribution in [0.4, 0.5) is 5.69 Å². The summed E-state index contributed by atoms with van der Waals surface area (Å²) in [5, 5.41) is 16.3. The summed E-state index contributed by atoms with van der Waals surface area (Å²) in [6.45, 7) is 1.69. The van der Waals surface area contributed by atoms with E-state index in [-0.39, 0.29) is 12.6 Å². The van der Waals surface area contributed by atoms with Crippen LogP contribution in [0.3, 0.4) is 0 Å². The van der Waals surface area contributed by atoms with Crippen molar-refractivity contribution >= 4 is 17.3 Å². The second-order valence-electron chi connectivity index (χ2n) is 3.46. The van der Waals surface area contributed by atoms with E-state index in [1.165, 1.54) is 0 Å². The van der Waals surface area contributed by atoms with Gasteiger partial charge in [-0.25, -0.2) is 0 Å². The molecule has 76 valence electrons. The van der Waals surface area contributed by atoms with Crippen LogP contribution in [0.2, 0.25) is 5.02 Å². The molecule has 0 fully saturated rings. The van der Waals surface area contributed by atoms with Gasteiger partial charge in [0.05, 0.1) is 12.6 Å². The van der Waals surface area contributed by atoms with Crippen molar-refractivity contribution in [1.82, 2.24) is 5.32 Å². The van der Waals surface area contributed by atoms with Gasteiger partial charge < -0.3 is 15.7 Å². The van der Waals surface area contributed by atoms with E-state index in [1.807, 2.05) is 18.2 Å². The van der Waals surface area contributed by atoms with Crippen LogP contribution < -0.4 is 10.6 Å². The largest absolute Gasteiger partial charge is 0.394 e. The minimum absolute atomic E-state index is 0.0809. The third-order valence-corrected chi connectivity index (χ3v) is 2.59. The second kappa shape index (κ2) is 4.17. The van der Waals surface area contributed by atoms with Crippen LogP contribution in [0.1, 0.15) is 5.56 Å². The Kier molecular flexibility index (Phi) is 2.91. The van der Waals surface area contributed by atoms with Crippen LogP contribution in [0.5, 0.6) is 0 Å². The van der Waals surface area contributed by atoms with Gasteiger partial charge in [-0.3, -0.25) is 0 Å². The summed E-state index contributed by atoms with van der Waals surface area (Å²) in [5.74, 6) is 0. The number of anilines is 1. The number of hydrogen-bond donors (Lipinski definition) is 3. The van der Waals surface area contributed by atoms with Crippen LogP contribution in [0, 0.1) is 0 Å². The number of fused-ring (bicyclic) bond motifs is 1. The third-order valence-electron chi connectivity index (χ3n) is 2.35. The highest BCUT2D eigenvalue weighted by atomic mass is 35.5. The SMILES string of the molecule is OCC1CNCc2cc(Cl)ccc2N1. The summed E-state index contributed by atoms with van der Waals surface area (Å²) in [6, 6.07) is 5.83. The first-order valence-electron chi connectivity index (χ1n) is 4.66. The van der Waals surface area contributed by atoms with Crippen molar-refractivity contribution in [2.45, 2.75) is 12.6 Å². The summed E-state index contributed by atoms with van der Waals surface area (Å²) in [6.07, 6.45) is 0. The van der Waals surface area contributed by atoms with Crippen molar-refractivity contribution in [1.29, 1.82) is 0 Å². The highest BCUT2D eigenvalue weighted by Crippen LogP contribution is 2.22. The first kappa shape index (κ1) is 9.77. The fourth-order valence-corrected chi connectivity index (χ4v) is 1.81. The van der Waals surface area contributed by atoms with Gasteiger partial charge in [0.1, 0.15) is 0 Å². The maximum absolute atomic E-state index is 9.07. The number of rotatable bonds is 1. The van der Waals surface area contributed by atoms with Crippen molar-refractivity contribution in [2.75, 3.05) is 18.5 Å². The molecule has 0 spiro atoms. The summed E-state index contributed by atoms with van der Waals surface area (Å²) in [7, 11) is 0. The minimum atomic E-state index is 0.0809. The molecular formula is C10H13ClN2O. The maximum atomic E-state index is 9.07. The zero-order valence-electron chi connectivity index (χ0n) is 7.76. The van der Waals surface area contributed by atoms with E-state index in [9.17, 15) is 0 Å². The van der Waals surface area contributed by atoms with E-state index in [0.29, 0.717) is 0 Å². The average Bonchev–Trinajstić information content (AvgIpc) is 2.38. The molecule has 1 unspecified atom stereocenters. The zero-order chi connectivity index (χ0) is 9.97. The van der Waals surface area contributed by atoms with Crippen molar-refractivity contribution < 1.29 is 5.11 Å². The molecule has 14 heavy (non-hydrogen) atoms. The standard InChI is InChI=1S/C10H13ClN2O/c11-8-1-2-10-7(3-8)4-12-5-9(6-14)13-10/h1-3,9,12-14H,4-6H2. The molecule has 1 aliphatic rings. The molecule has 0 saturated heterocycles. The number of aliphatic hydroxyl groups excluding tert-OH is 1. The lowest BCUT2D eigenvalue weighted by molar-refractivity contribution is 0.272. The third kappa shape index (κ3) is 2.00. The Labute approximate surface area is 88.1 Å². The van der Waals surface area contributed by atoms with Gasteiger partial charge >= 0.3 is 0 Å². The van der Waals surface area contributed by atoms with Crippen molar-refractivity contribution in [3.63, 3.8) is 0 Å². The molecule has 3 nitrogen and oxygen atoms in total. The topological polar surface area (TPSA) is 44.3 Å². The lowest BCUT2D eigenvalue weighted by atomic mass is 10.2. The fourth-order valence-electron chi connectivity index (χ4n) is 1.61. The van der Waals surface area contributed by atoms with E-state index >= 15 is 0 Å². The summed E-state index contributed by atoms with van der Waals surface area (Å²) in [5.41, 5.74) is 2.20. The molecule has 3 N–H and O–H groups in total. The molecular weight excluding hydrogens is 200 g/mol. The molecule has 0 aliphatic carbocycles. The quantitative estimate of drug-likeness (QED) is 0.656. The Balaban J connectivity index is 2.27. The minimum Gasteiger partial charge on any atom is -0.394 e. The lowest BCUT2D eigenvalue weighted by Gasteiger charge is -2.14. The van der Waals surface area contributed by atoms with Gasteiger partial charge in [0.2, 0.25) is 0 Å². The van der Waals surface area contributed by atoms with Crippen molar-refractivity contribution in [2.24, 2.45) is 0 Å². The number of halogens is 1. The Morgan fingerprint density at radius 1 is 1.50 bits per heavy atom. The Bertz CT molecular complexity index is 330.